The van der Waals surface area contributed by atoms with Crippen molar-refractivity contribution in [1.29, 1.82) is 0 Å². The molecular formula is C17H17F2N3O3S. The SMILES string of the molecule is O=C(Nc1cccc(S(=O)(=O)N2CCC(F)CC2)c1F)c1cccnc1. The fraction of sp³-hybridized carbons (Fsp3) is 0.294. The molecule has 26 heavy (non-hydrogen) atoms. The molecule has 1 N–H and O–H groups in total. The molecule has 1 amide bonds. The summed E-state index contributed by atoms with van der Waals surface area (Å²) < 4.78 is 54.4. The normalized spacial score (nSPS) is 16.4. The van der Waals surface area contributed by atoms with E-state index >= 15 is 0 Å². The average Bonchev–Trinajstić information content (AvgIpc) is 2.64. The van der Waals surface area contributed by atoms with Gasteiger partial charge < -0.3 is 5.32 Å². The standard InChI is InChI=1S/C17H17F2N3O3S/c18-13-6-9-22(10-7-13)26(24,25)15-5-1-4-14(16(15)19)21-17(23)12-3-2-8-20-11-12/h1-5,8,11,13H,6-7,9-10H2,(H,21,23). The zero-order valence-electron chi connectivity index (χ0n) is 13.7. The molecule has 0 unspecified atom stereocenters. The second kappa shape index (κ2) is 7.46. The lowest BCUT2D eigenvalue weighted by Gasteiger charge is -2.28. The molecule has 0 saturated carbocycles. The summed E-state index contributed by atoms with van der Waals surface area (Å²) in [6, 6.07) is 6.81. The molecule has 6 nitrogen and oxygen atoms in total. The topological polar surface area (TPSA) is 79.4 Å². The Hall–Kier alpha value is -2.39. The van der Waals surface area contributed by atoms with Crippen LogP contribution >= 0.6 is 0 Å². The van der Waals surface area contributed by atoms with Crippen LogP contribution in [0.3, 0.4) is 0 Å². The Morgan fingerprint density at radius 1 is 1.19 bits per heavy atom. The van der Waals surface area contributed by atoms with Crippen molar-refractivity contribution >= 4 is 21.6 Å². The summed E-state index contributed by atoms with van der Waals surface area (Å²) in [5.74, 6) is -1.66. The molecule has 0 aliphatic carbocycles. The summed E-state index contributed by atoms with van der Waals surface area (Å²) in [6.45, 7) is -0.00950. The molecular weight excluding hydrogens is 364 g/mol. The van der Waals surface area contributed by atoms with Gasteiger partial charge in [-0.25, -0.2) is 17.2 Å². The number of sulfonamides is 1. The van der Waals surface area contributed by atoms with E-state index in [-0.39, 0.29) is 37.2 Å². The lowest BCUT2D eigenvalue weighted by atomic mass is 10.1. The minimum atomic E-state index is -4.11. The molecule has 1 aliphatic heterocycles. The van der Waals surface area contributed by atoms with Crippen LogP contribution in [0.25, 0.3) is 0 Å². The lowest BCUT2D eigenvalue weighted by molar-refractivity contribution is 0.102. The Kier molecular flexibility index (Phi) is 5.28. The number of nitrogens with zero attached hydrogens (tertiary/aromatic N) is 2. The van der Waals surface area contributed by atoms with Gasteiger partial charge in [0.1, 0.15) is 11.1 Å². The van der Waals surface area contributed by atoms with Gasteiger partial charge in [0, 0.05) is 25.5 Å². The number of hydrogen-bond donors (Lipinski definition) is 1. The van der Waals surface area contributed by atoms with Gasteiger partial charge >= 0.3 is 0 Å². The predicted octanol–water partition coefficient (Wildman–Crippen LogP) is 2.60. The van der Waals surface area contributed by atoms with E-state index in [1.807, 2.05) is 0 Å². The molecule has 0 atom stereocenters. The van der Waals surface area contributed by atoms with Crippen molar-refractivity contribution in [3.05, 3.63) is 54.1 Å². The first-order chi connectivity index (χ1) is 12.4. The van der Waals surface area contributed by atoms with Crippen molar-refractivity contribution in [3.8, 4) is 0 Å². The molecule has 1 fully saturated rings. The van der Waals surface area contributed by atoms with E-state index in [9.17, 15) is 22.0 Å². The van der Waals surface area contributed by atoms with Crippen molar-refractivity contribution in [3.63, 3.8) is 0 Å². The number of amides is 1. The summed E-state index contributed by atoms with van der Waals surface area (Å²) in [5.41, 5.74) is -0.0366. The number of alkyl halides is 1. The van der Waals surface area contributed by atoms with E-state index in [1.54, 1.807) is 6.07 Å². The Balaban J connectivity index is 1.86. The molecule has 0 radical (unpaired) electrons. The van der Waals surface area contributed by atoms with Gasteiger partial charge in [-0.2, -0.15) is 4.31 Å². The van der Waals surface area contributed by atoms with Crippen LogP contribution in [0.5, 0.6) is 0 Å². The molecule has 3 rings (SSSR count). The Labute approximate surface area is 149 Å². The number of piperidine rings is 1. The number of carbonyl (C=O) groups excluding carboxylic acids is 1. The van der Waals surface area contributed by atoms with Crippen LogP contribution in [0, 0.1) is 5.82 Å². The largest absolute Gasteiger partial charge is 0.319 e. The maximum absolute atomic E-state index is 14.8. The van der Waals surface area contributed by atoms with Crippen molar-refractivity contribution in [1.82, 2.24) is 9.29 Å². The first-order valence-electron chi connectivity index (χ1n) is 8.03. The van der Waals surface area contributed by atoms with Crippen molar-refractivity contribution < 1.29 is 22.0 Å². The molecule has 1 saturated heterocycles. The smallest absolute Gasteiger partial charge is 0.257 e. The van der Waals surface area contributed by atoms with Crippen LogP contribution in [0.1, 0.15) is 23.2 Å². The third-order valence-electron chi connectivity index (χ3n) is 4.14. The van der Waals surface area contributed by atoms with E-state index in [2.05, 4.69) is 10.3 Å². The molecule has 2 heterocycles. The van der Waals surface area contributed by atoms with Crippen LogP contribution < -0.4 is 5.32 Å². The number of hydrogen-bond acceptors (Lipinski definition) is 4. The van der Waals surface area contributed by atoms with Crippen LogP contribution in [0.2, 0.25) is 0 Å². The fourth-order valence-electron chi connectivity index (χ4n) is 2.70. The molecule has 1 aromatic carbocycles. The van der Waals surface area contributed by atoms with Crippen LogP contribution in [0.4, 0.5) is 14.5 Å². The average molecular weight is 381 g/mol. The fourth-order valence-corrected chi connectivity index (χ4v) is 4.26. The third-order valence-corrected chi connectivity index (χ3v) is 6.05. The highest BCUT2D eigenvalue weighted by atomic mass is 32.2. The van der Waals surface area contributed by atoms with E-state index in [4.69, 9.17) is 0 Å². The molecule has 1 aliphatic rings. The number of anilines is 1. The van der Waals surface area contributed by atoms with Gasteiger partial charge in [-0.05, 0) is 37.1 Å². The number of carbonyl (C=O) groups is 1. The molecule has 0 bridgehead atoms. The molecule has 0 spiro atoms. The van der Waals surface area contributed by atoms with Crippen LogP contribution in [-0.4, -0.2) is 42.9 Å². The monoisotopic (exact) mass is 381 g/mol. The van der Waals surface area contributed by atoms with Gasteiger partial charge in [0.25, 0.3) is 5.91 Å². The van der Waals surface area contributed by atoms with Gasteiger partial charge in [-0.1, -0.05) is 6.07 Å². The molecule has 9 heteroatoms. The molecule has 1 aromatic heterocycles. The zero-order valence-corrected chi connectivity index (χ0v) is 14.5. The quantitative estimate of drug-likeness (QED) is 0.883. The summed E-state index contributed by atoms with van der Waals surface area (Å²) in [4.78, 5) is 15.4. The van der Waals surface area contributed by atoms with Gasteiger partial charge in [0.2, 0.25) is 10.0 Å². The number of rotatable bonds is 4. The van der Waals surface area contributed by atoms with E-state index in [1.165, 1.54) is 30.6 Å². The molecule has 2 aromatic rings. The van der Waals surface area contributed by atoms with Gasteiger partial charge in [0.05, 0.1) is 11.3 Å². The number of halogens is 2. The van der Waals surface area contributed by atoms with Crippen LogP contribution in [0.15, 0.2) is 47.6 Å². The van der Waals surface area contributed by atoms with E-state index < -0.39 is 32.8 Å². The summed E-state index contributed by atoms with van der Waals surface area (Å²) in [7, 11) is -4.11. The second-order valence-electron chi connectivity index (χ2n) is 5.89. The minimum absolute atomic E-state index is 0.00475. The number of aromatic nitrogens is 1. The van der Waals surface area contributed by atoms with Gasteiger partial charge in [-0.15, -0.1) is 0 Å². The molecule has 138 valence electrons. The Bertz CT molecular complexity index is 899. The lowest BCUT2D eigenvalue weighted by Crippen LogP contribution is -2.39. The summed E-state index contributed by atoms with van der Waals surface area (Å²) in [6.07, 6.45) is 1.92. The van der Waals surface area contributed by atoms with Crippen LogP contribution in [-0.2, 0) is 10.0 Å². The predicted molar refractivity (Wildman–Crippen MR) is 91.5 cm³/mol. The Morgan fingerprint density at radius 3 is 2.58 bits per heavy atom. The second-order valence-corrected chi connectivity index (χ2v) is 7.80. The highest BCUT2D eigenvalue weighted by molar-refractivity contribution is 7.89. The zero-order chi connectivity index (χ0) is 18.7. The number of pyridine rings is 1. The third kappa shape index (κ3) is 3.73. The first kappa shape index (κ1) is 18.4. The van der Waals surface area contributed by atoms with Crippen molar-refractivity contribution in [2.75, 3.05) is 18.4 Å². The summed E-state index contributed by atoms with van der Waals surface area (Å²) >= 11 is 0. The minimum Gasteiger partial charge on any atom is -0.319 e. The number of benzene rings is 1. The first-order valence-corrected chi connectivity index (χ1v) is 9.47. The maximum Gasteiger partial charge on any atom is 0.257 e. The Morgan fingerprint density at radius 2 is 1.92 bits per heavy atom. The van der Waals surface area contributed by atoms with Gasteiger partial charge in [0.15, 0.2) is 5.82 Å². The highest BCUT2D eigenvalue weighted by Crippen LogP contribution is 2.27. The van der Waals surface area contributed by atoms with E-state index in [0.717, 1.165) is 10.4 Å². The number of nitrogens with one attached hydrogen (secondary N) is 1. The highest BCUT2D eigenvalue weighted by Gasteiger charge is 2.32. The van der Waals surface area contributed by atoms with Gasteiger partial charge in [-0.3, -0.25) is 9.78 Å². The van der Waals surface area contributed by atoms with Crippen molar-refractivity contribution in [2.24, 2.45) is 0 Å². The van der Waals surface area contributed by atoms with E-state index in [0.29, 0.717) is 0 Å². The summed E-state index contributed by atoms with van der Waals surface area (Å²) in [5, 5.41) is 2.35. The maximum atomic E-state index is 14.8. The van der Waals surface area contributed by atoms with Crippen molar-refractivity contribution in [2.45, 2.75) is 23.9 Å².